The Morgan fingerprint density at radius 2 is 1.69 bits per heavy atom. The predicted octanol–water partition coefficient (Wildman–Crippen LogP) is 3.91. The van der Waals surface area contributed by atoms with Crippen LogP contribution in [0.4, 0.5) is 26.3 Å². The number of carboxylic acid groups (broad SMARTS) is 2. The molecule has 4 heterocycles. The van der Waals surface area contributed by atoms with Crippen LogP contribution in [-0.4, -0.2) is 95.5 Å². The molecular formula is C24H32F6N2O7. The van der Waals surface area contributed by atoms with Crippen LogP contribution in [0.25, 0.3) is 0 Å². The smallest absolute Gasteiger partial charge is 0.475 e. The molecule has 3 fully saturated rings. The second kappa shape index (κ2) is 14.8. The molecule has 2 atom stereocenters. The second-order valence-electron chi connectivity index (χ2n) is 9.45. The summed E-state index contributed by atoms with van der Waals surface area (Å²) < 4.78 is 81.3. The minimum Gasteiger partial charge on any atom is -0.475 e. The quantitative estimate of drug-likeness (QED) is 0.505. The number of aliphatic carboxylic acids is 2. The van der Waals surface area contributed by atoms with Gasteiger partial charge in [-0.15, -0.1) is 0 Å². The summed E-state index contributed by atoms with van der Waals surface area (Å²) in [5, 5.41) is 14.2. The molecule has 0 radical (unpaired) electrons. The number of alkyl halides is 6. The second-order valence-corrected chi connectivity index (χ2v) is 9.45. The van der Waals surface area contributed by atoms with Gasteiger partial charge in [0.1, 0.15) is 0 Å². The minimum absolute atomic E-state index is 0.0121. The van der Waals surface area contributed by atoms with E-state index in [1.807, 2.05) is 24.4 Å². The van der Waals surface area contributed by atoms with Crippen LogP contribution in [0.1, 0.15) is 37.8 Å². The summed E-state index contributed by atoms with van der Waals surface area (Å²) in [5.74, 6) is -4.72. The Morgan fingerprint density at radius 1 is 1.08 bits per heavy atom. The molecule has 1 aromatic rings. The Hall–Kier alpha value is -2.49. The number of nitrogens with zero attached hydrogens (tertiary/aromatic N) is 2. The number of rotatable bonds is 5. The number of likely N-dealkylation sites (tertiary alicyclic amines) is 1. The molecule has 1 aromatic heterocycles. The third-order valence-electron chi connectivity index (χ3n) is 6.33. The van der Waals surface area contributed by atoms with E-state index in [1.165, 1.54) is 38.8 Å². The lowest BCUT2D eigenvalue weighted by Crippen LogP contribution is -2.49. The Morgan fingerprint density at radius 3 is 2.23 bits per heavy atom. The van der Waals surface area contributed by atoms with Crippen molar-refractivity contribution in [1.82, 2.24) is 9.88 Å². The fourth-order valence-corrected chi connectivity index (χ4v) is 4.52. The molecule has 0 bridgehead atoms. The van der Waals surface area contributed by atoms with E-state index in [4.69, 9.17) is 34.0 Å². The van der Waals surface area contributed by atoms with Crippen LogP contribution in [0.3, 0.4) is 0 Å². The highest BCUT2D eigenvalue weighted by molar-refractivity contribution is 5.73. The van der Waals surface area contributed by atoms with Crippen molar-refractivity contribution in [2.75, 3.05) is 39.5 Å². The fourth-order valence-electron chi connectivity index (χ4n) is 4.52. The molecule has 0 unspecified atom stereocenters. The SMILES string of the molecule is O=C(O)C(F)(F)F.O=C(O)C(F)(F)F.c1ccc(CO[C@@H]2CO[C@@]3(CCCN(CC4CCOCC4)C3)C2)nc1. The fraction of sp³-hybridized carbons (Fsp3) is 0.708. The molecule has 4 rings (SSSR count). The molecule has 39 heavy (non-hydrogen) atoms. The topological polar surface area (TPSA) is 118 Å². The molecule has 0 aliphatic carbocycles. The van der Waals surface area contributed by atoms with Gasteiger partial charge in [-0.05, 0) is 50.3 Å². The van der Waals surface area contributed by atoms with Crippen molar-refractivity contribution >= 4 is 11.9 Å². The molecule has 15 heteroatoms. The van der Waals surface area contributed by atoms with Gasteiger partial charge >= 0.3 is 24.3 Å². The molecule has 1 spiro atoms. The van der Waals surface area contributed by atoms with Gasteiger partial charge in [-0.1, -0.05) is 6.07 Å². The van der Waals surface area contributed by atoms with Crippen molar-refractivity contribution in [1.29, 1.82) is 0 Å². The first-order chi connectivity index (χ1) is 18.2. The summed E-state index contributed by atoms with van der Waals surface area (Å²) in [6.07, 6.45) is -2.31. The van der Waals surface area contributed by atoms with Gasteiger partial charge in [0, 0.05) is 38.9 Å². The van der Waals surface area contributed by atoms with Crippen molar-refractivity contribution in [3.63, 3.8) is 0 Å². The largest absolute Gasteiger partial charge is 0.490 e. The maximum atomic E-state index is 10.6. The van der Waals surface area contributed by atoms with Gasteiger partial charge in [0.25, 0.3) is 0 Å². The zero-order valence-corrected chi connectivity index (χ0v) is 21.0. The van der Waals surface area contributed by atoms with Gasteiger partial charge in [0.05, 0.1) is 30.6 Å². The highest BCUT2D eigenvalue weighted by Crippen LogP contribution is 2.36. The third-order valence-corrected chi connectivity index (χ3v) is 6.33. The van der Waals surface area contributed by atoms with Crippen molar-refractivity contribution in [2.45, 2.75) is 62.8 Å². The average Bonchev–Trinajstić information content (AvgIpc) is 3.25. The summed E-state index contributed by atoms with van der Waals surface area (Å²) in [6, 6.07) is 5.96. The van der Waals surface area contributed by atoms with Gasteiger partial charge < -0.3 is 29.3 Å². The Kier molecular flexibility index (Phi) is 12.4. The first-order valence-corrected chi connectivity index (χ1v) is 12.3. The van der Waals surface area contributed by atoms with Crippen molar-refractivity contribution in [3.8, 4) is 0 Å². The average molecular weight is 575 g/mol. The standard InChI is InChI=1S/C20H30N2O3.2C2HF3O2/c1-2-8-21-18(4-1)14-24-19-12-20(25-15-19)7-3-9-22(16-20)13-17-5-10-23-11-6-17;2*3-2(4,5)1(6)7/h1-2,4,8,17,19H,3,5-7,9-16H2;2*(H,6,7)/t19-,20-;;/m0../s1. The van der Waals surface area contributed by atoms with Crippen LogP contribution in [0.15, 0.2) is 24.4 Å². The van der Waals surface area contributed by atoms with E-state index in [9.17, 15) is 26.3 Å². The van der Waals surface area contributed by atoms with Crippen molar-refractivity contribution < 1.29 is 60.4 Å². The van der Waals surface area contributed by atoms with Crippen LogP contribution in [0.5, 0.6) is 0 Å². The van der Waals surface area contributed by atoms with Crippen molar-refractivity contribution in [3.05, 3.63) is 30.1 Å². The maximum Gasteiger partial charge on any atom is 0.490 e. The van der Waals surface area contributed by atoms with E-state index >= 15 is 0 Å². The summed E-state index contributed by atoms with van der Waals surface area (Å²) in [6.45, 7) is 6.64. The van der Waals surface area contributed by atoms with E-state index in [-0.39, 0.29) is 11.7 Å². The maximum absolute atomic E-state index is 10.6. The Bertz CT molecular complexity index is 873. The molecular weight excluding hydrogens is 542 g/mol. The normalized spacial score (nSPS) is 24.3. The number of carbonyl (C=O) groups is 2. The number of pyridine rings is 1. The molecule has 222 valence electrons. The van der Waals surface area contributed by atoms with E-state index in [0.29, 0.717) is 6.61 Å². The highest BCUT2D eigenvalue weighted by atomic mass is 19.4. The number of aromatic nitrogens is 1. The molecule has 9 nitrogen and oxygen atoms in total. The number of hydrogen-bond donors (Lipinski definition) is 2. The number of piperidine rings is 1. The molecule has 0 amide bonds. The first kappa shape index (κ1) is 32.7. The summed E-state index contributed by atoms with van der Waals surface area (Å²) in [5.41, 5.74) is 1.01. The van der Waals surface area contributed by atoms with Crippen LogP contribution in [0, 0.1) is 5.92 Å². The molecule has 0 aromatic carbocycles. The van der Waals surface area contributed by atoms with Gasteiger partial charge in [-0.25, -0.2) is 9.59 Å². The number of carboxylic acids is 2. The number of halogens is 6. The van der Waals surface area contributed by atoms with Gasteiger partial charge in [0.15, 0.2) is 0 Å². The van der Waals surface area contributed by atoms with Crippen LogP contribution in [-0.2, 0) is 30.4 Å². The van der Waals surface area contributed by atoms with Crippen LogP contribution in [0.2, 0.25) is 0 Å². The Balaban J connectivity index is 0.000000317. The molecule has 0 saturated carbocycles. The predicted molar refractivity (Wildman–Crippen MR) is 123 cm³/mol. The highest BCUT2D eigenvalue weighted by Gasteiger charge is 2.44. The lowest BCUT2D eigenvalue weighted by Gasteiger charge is -2.41. The van der Waals surface area contributed by atoms with Gasteiger partial charge in [-0.2, -0.15) is 26.3 Å². The van der Waals surface area contributed by atoms with Gasteiger partial charge in [0.2, 0.25) is 0 Å². The van der Waals surface area contributed by atoms with Crippen molar-refractivity contribution in [2.24, 2.45) is 5.92 Å². The lowest BCUT2D eigenvalue weighted by molar-refractivity contribution is -0.193. The van der Waals surface area contributed by atoms with Crippen LogP contribution < -0.4 is 0 Å². The lowest BCUT2D eigenvalue weighted by atomic mass is 9.88. The zero-order valence-electron chi connectivity index (χ0n) is 21.0. The number of ether oxygens (including phenoxy) is 3. The van der Waals surface area contributed by atoms with E-state index in [0.717, 1.165) is 44.4 Å². The van der Waals surface area contributed by atoms with E-state index in [2.05, 4.69) is 9.88 Å². The molecule has 2 N–H and O–H groups in total. The molecule has 3 aliphatic heterocycles. The van der Waals surface area contributed by atoms with Crippen LogP contribution >= 0.6 is 0 Å². The molecule has 3 saturated heterocycles. The van der Waals surface area contributed by atoms with E-state index in [1.54, 1.807) is 0 Å². The first-order valence-electron chi connectivity index (χ1n) is 12.3. The van der Waals surface area contributed by atoms with E-state index < -0.39 is 24.3 Å². The molecule has 3 aliphatic rings. The minimum atomic E-state index is -5.08. The zero-order chi connectivity index (χ0) is 29.1. The van der Waals surface area contributed by atoms with Gasteiger partial charge in [-0.3, -0.25) is 4.98 Å². The summed E-state index contributed by atoms with van der Waals surface area (Å²) >= 11 is 0. The third kappa shape index (κ3) is 12.1. The monoisotopic (exact) mass is 574 g/mol. The summed E-state index contributed by atoms with van der Waals surface area (Å²) in [4.78, 5) is 24.8. The number of hydrogen-bond acceptors (Lipinski definition) is 7. The summed E-state index contributed by atoms with van der Waals surface area (Å²) in [7, 11) is 0. The Labute approximate surface area is 221 Å².